The van der Waals surface area contributed by atoms with E-state index in [0.717, 1.165) is 17.3 Å². The molecule has 0 aliphatic heterocycles. The second-order valence-electron chi connectivity index (χ2n) is 8.24. The highest BCUT2D eigenvalue weighted by molar-refractivity contribution is 7.99. The first-order valence-corrected chi connectivity index (χ1v) is 12.0. The SMILES string of the molecule is CC(=O)NC(C)c1ccc(C(=O)CSc2nc3ccccc3c(=O)n2-c2ccc(C)c(F)c2)cc1. The number of benzene rings is 3. The van der Waals surface area contributed by atoms with Crippen LogP contribution in [0.4, 0.5) is 4.39 Å². The number of aryl methyl sites for hydroxylation is 1. The summed E-state index contributed by atoms with van der Waals surface area (Å²) in [5.41, 5.74) is 2.39. The fraction of sp³-hybridized carbons (Fsp3) is 0.185. The average molecular weight is 490 g/mol. The van der Waals surface area contributed by atoms with Crippen LogP contribution in [-0.4, -0.2) is 27.0 Å². The van der Waals surface area contributed by atoms with Crippen LogP contribution < -0.4 is 10.9 Å². The predicted octanol–water partition coefficient (Wildman–Crippen LogP) is 5.01. The number of rotatable bonds is 7. The molecule has 0 bridgehead atoms. The van der Waals surface area contributed by atoms with Crippen molar-refractivity contribution < 1.29 is 14.0 Å². The van der Waals surface area contributed by atoms with Gasteiger partial charge in [0.1, 0.15) is 5.82 Å². The van der Waals surface area contributed by atoms with E-state index in [1.54, 1.807) is 67.6 Å². The Hall–Kier alpha value is -3.78. The lowest BCUT2D eigenvalue weighted by molar-refractivity contribution is -0.119. The lowest BCUT2D eigenvalue weighted by Crippen LogP contribution is -2.23. The first kappa shape index (κ1) is 24.3. The van der Waals surface area contributed by atoms with Crippen LogP contribution in [0, 0.1) is 12.7 Å². The highest BCUT2D eigenvalue weighted by Gasteiger charge is 2.17. The third kappa shape index (κ3) is 5.33. The van der Waals surface area contributed by atoms with Crippen molar-refractivity contribution in [2.24, 2.45) is 0 Å². The number of carbonyl (C=O) groups excluding carboxylic acids is 2. The number of fused-ring (bicyclic) bond motifs is 1. The van der Waals surface area contributed by atoms with E-state index >= 15 is 0 Å². The molecule has 0 aliphatic carbocycles. The van der Waals surface area contributed by atoms with Crippen molar-refractivity contribution in [3.05, 3.63) is 99.6 Å². The molecule has 0 saturated carbocycles. The number of nitrogens with zero attached hydrogens (tertiary/aromatic N) is 2. The standard InChI is InChI=1S/C27H24FN3O3S/c1-16-8-13-21(14-23(16)28)31-26(34)22-6-4-5-7-24(22)30-27(31)35-15-25(33)20-11-9-19(10-12-20)17(2)29-18(3)32/h4-14,17H,15H2,1-3H3,(H,29,32). The molecule has 0 aliphatic rings. The minimum absolute atomic E-state index is 0.0414. The summed E-state index contributed by atoms with van der Waals surface area (Å²) in [5.74, 6) is -0.655. The normalized spacial score (nSPS) is 11.9. The molecular weight excluding hydrogens is 465 g/mol. The second-order valence-corrected chi connectivity index (χ2v) is 9.18. The van der Waals surface area contributed by atoms with Crippen LogP contribution in [0.2, 0.25) is 0 Å². The van der Waals surface area contributed by atoms with Gasteiger partial charge in [0.25, 0.3) is 5.56 Å². The largest absolute Gasteiger partial charge is 0.350 e. The monoisotopic (exact) mass is 489 g/mol. The highest BCUT2D eigenvalue weighted by Crippen LogP contribution is 2.24. The molecule has 4 aromatic rings. The number of para-hydroxylation sites is 1. The fourth-order valence-electron chi connectivity index (χ4n) is 3.72. The zero-order chi connectivity index (χ0) is 25.1. The maximum absolute atomic E-state index is 14.3. The molecular formula is C27H24FN3O3S. The highest BCUT2D eigenvalue weighted by atomic mass is 32.2. The lowest BCUT2D eigenvalue weighted by atomic mass is 10.0. The van der Waals surface area contributed by atoms with Crippen molar-refractivity contribution in [1.82, 2.24) is 14.9 Å². The van der Waals surface area contributed by atoms with Gasteiger partial charge in [-0.2, -0.15) is 0 Å². The number of nitrogens with one attached hydrogen (secondary N) is 1. The van der Waals surface area contributed by atoms with Gasteiger partial charge in [0, 0.05) is 12.5 Å². The molecule has 8 heteroatoms. The summed E-state index contributed by atoms with van der Waals surface area (Å²) in [6.07, 6.45) is 0. The zero-order valence-electron chi connectivity index (χ0n) is 19.5. The van der Waals surface area contributed by atoms with Gasteiger partial charge in [0.05, 0.1) is 28.4 Å². The summed E-state index contributed by atoms with van der Waals surface area (Å²) in [4.78, 5) is 42.1. The summed E-state index contributed by atoms with van der Waals surface area (Å²) >= 11 is 1.13. The molecule has 1 heterocycles. The molecule has 1 N–H and O–H groups in total. The molecule has 0 fully saturated rings. The summed E-state index contributed by atoms with van der Waals surface area (Å²) < 4.78 is 15.7. The Kier molecular flexibility index (Phi) is 7.12. The average Bonchev–Trinajstić information content (AvgIpc) is 2.84. The minimum Gasteiger partial charge on any atom is -0.350 e. The van der Waals surface area contributed by atoms with Crippen molar-refractivity contribution in [3.8, 4) is 5.69 Å². The Morgan fingerprint density at radius 1 is 1.09 bits per heavy atom. The predicted molar refractivity (Wildman–Crippen MR) is 136 cm³/mol. The summed E-state index contributed by atoms with van der Waals surface area (Å²) in [6.45, 7) is 4.97. The van der Waals surface area contributed by atoms with Gasteiger partial charge in [-0.15, -0.1) is 0 Å². The first-order valence-electron chi connectivity index (χ1n) is 11.1. The van der Waals surface area contributed by atoms with Gasteiger partial charge in [-0.1, -0.05) is 54.2 Å². The molecule has 0 saturated heterocycles. The number of thioether (sulfide) groups is 1. The third-order valence-corrected chi connectivity index (χ3v) is 6.58. The number of amides is 1. The van der Waals surface area contributed by atoms with Crippen molar-refractivity contribution in [1.29, 1.82) is 0 Å². The Balaban J connectivity index is 1.63. The Bertz CT molecular complexity index is 1480. The van der Waals surface area contributed by atoms with Gasteiger partial charge in [0.2, 0.25) is 5.91 Å². The Morgan fingerprint density at radius 2 is 1.80 bits per heavy atom. The molecule has 4 rings (SSSR count). The van der Waals surface area contributed by atoms with Gasteiger partial charge >= 0.3 is 0 Å². The quantitative estimate of drug-likeness (QED) is 0.224. The van der Waals surface area contributed by atoms with Crippen molar-refractivity contribution in [3.63, 3.8) is 0 Å². The van der Waals surface area contributed by atoms with Crippen molar-refractivity contribution in [2.75, 3.05) is 5.75 Å². The van der Waals surface area contributed by atoms with Crippen molar-refractivity contribution in [2.45, 2.75) is 32.0 Å². The fourth-order valence-corrected chi connectivity index (χ4v) is 4.62. The third-order valence-electron chi connectivity index (χ3n) is 5.64. The van der Waals surface area contributed by atoms with Gasteiger partial charge in [0.15, 0.2) is 10.9 Å². The molecule has 1 atom stereocenters. The van der Waals surface area contributed by atoms with E-state index < -0.39 is 5.82 Å². The van der Waals surface area contributed by atoms with Gasteiger partial charge in [-0.25, -0.2) is 9.37 Å². The molecule has 1 unspecified atom stereocenters. The molecule has 1 amide bonds. The summed E-state index contributed by atoms with van der Waals surface area (Å²) in [6, 6.07) is 18.4. The number of ketones is 1. The van der Waals surface area contributed by atoms with E-state index in [9.17, 15) is 18.8 Å². The first-order chi connectivity index (χ1) is 16.7. The van der Waals surface area contributed by atoms with E-state index in [1.807, 2.05) is 6.92 Å². The molecule has 0 spiro atoms. The van der Waals surface area contributed by atoms with Crippen LogP contribution in [0.1, 0.15) is 41.4 Å². The molecule has 178 valence electrons. The van der Waals surface area contributed by atoms with Crippen molar-refractivity contribution >= 4 is 34.4 Å². The smallest absolute Gasteiger partial charge is 0.266 e. The number of aromatic nitrogens is 2. The molecule has 3 aromatic carbocycles. The number of hydrogen-bond donors (Lipinski definition) is 1. The summed E-state index contributed by atoms with van der Waals surface area (Å²) in [7, 11) is 0. The van der Waals surface area contributed by atoms with E-state index in [-0.39, 0.29) is 29.0 Å². The van der Waals surface area contributed by atoms with Gasteiger partial charge in [-0.05, 0) is 49.2 Å². The van der Waals surface area contributed by atoms with Crippen LogP contribution in [0.15, 0.2) is 76.7 Å². The minimum atomic E-state index is -0.428. The molecule has 6 nitrogen and oxygen atoms in total. The molecule has 0 radical (unpaired) electrons. The van der Waals surface area contributed by atoms with E-state index in [2.05, 4.69) is 10.3 Å². The van der Waals surface area contributed by atoms with Gasteiger partial charge in [-0.3, -0.25) is 19.0 Å². The van der Waals surface area contributed by atoms with Crippen LogP contribution in [0.5, 0.6) is 0 Å². The zero-order valence-corrected chi connectivity index (χ0v) is 20.4. The topological polar surface area (TPSA) is 81.1 Å². The van der Waals surface area contributed by atoms with Crippen LogP contribution >= 0.6 is 11.8 Å². The number of Topliss-reactive ketones (excluding diaryl/α,β-unsaturated/α-hetero) is 1. The Labute approximate surface area is 206 Å². The number of halogens is 1. The summed E-state index contributed by atoms with van der Waals surface area (Å²) in [5, 5.41) is 3.53. The maximum atomic E-state index is 14.3. The lowest BCUT2D eigenvalue weighted by Gasteiger charge is -2.14. The molecule has 35 heavy (non-hydrogen) atoms. The van der Waals surface area contributed by atoms with Crippen LogP contribution in [0.3, 0.4) is 0 Å². The van der Waals surface area contributed by atoms with Crippen LogP contribution in [-0.2, 0) is 4.79 Å². The number of carbonyl (C=O) groups is 2. The number of hydrogen-bond acceptors (Lipinski definition) is 5. The second kappa shape index (κ2) is 10.2. The Morgan fingerprint density at radius 3 is 2.49 bits per heavy atom. The molecule has 1 aromatic heterocycles. The van der Waals surface area contributed by atoms with Crippen LogP contribution in [0.25, 0.3) is 16.6 Å². The van der Waals surface area contributed by atoms with E-state index in [1.165, 1.54) is 17.6 Å². The van der Waals surface area contributed by atoms with E-state index in [0.29, 0.717) is 32.9 Å². The van der Waals surface area contributed by atoms with E-state index in [4.69, 9.17) is 0 Å². The maximum Gasteiger partial charge on any atom is 0.266 e. The van der Waals surface area contributed by atoms with Gasteiger partial charge < -0.3 is 5.32 Å².